The molecule has 0 unspecified atom stereocenters. The summed E-state index contributed by atoms with van der Waals surface area (Å²) in [7, 11) is -1.70. The van der Waals surface area contributed by atoms with Gasteiger partial charge >= 0.3 is 0 Å². The average molecular weight is 310 g/mol. The van der Waals surface area contributed by atoms with Crippen LogP contribution in [0.1, 0.15) is 5.56 Å². The van der Waals surface area contributed by atoms with Gasteiger partial charge in [0, 0.05) is 18.7 Å². The molecule has 114 valence electrons. The van der Waals surface area contributed by atoms with Crippen LogP contribution in [-0.2, 0) is 16.6 Å². The third-order valence-corrected chi connectivity index (χ3v) is 4.22. The van der Waals surface area contributed by atoms with Crippen LogP contribution in [0.15, 0.2) is 52.2 Å². The second-order valence-electron chi connectivity index (χ2n) is 4.38. The number of furan rings is 1. The quantitative estimate of drug-likeness (QED) is 0.720. The number of benzene rings is 1. The van der Waals surface area contributed by atoms with Crippen molar-refractivity contribution >= 4 is 10.0 Å². The summed E-state index contributed by atoms with van der Waals surface area (Å²) in [5.41, 5.74) is 0.769. The van der Waals surface area contributed by atoms with Gasteiger partial charge in [-0.15, -0.1) is 0 Å². The molecule has 0 saturated heterocycles. The van der Waals surface area contributed by atoms with Crippen molar-refractivity contribution in [3.8, 4) is 5.75 Å². The Morgan fingerprint density at radius 1 is 1.19 bits per heavy atom. The van der Waals surface area contributed by atoms with Crippen LogP contribution < -0.4 is 14.8 Å². The summed E-state index contributed by atoms with van der Waals surface area (Å²) in [4.78, 5) is 0.201. The normalized spacial score (nSPS) is 11.5. The molecule has 2 N–H and O–H groups in total. The van der Waals surface area contributed by atoms with E-state index in [0.717, 1.165) is 12.1 Å². The molecular formula is C14H18N2O4S. The number of ether oxygens (including phenoxy) is 1. The van der Waals surface area contributed by atoms with Crippen molar-refractivity contribution < 1.29 is 17.6 Å². The lowest BCUT2D eigenvalue weighted by Gasteiger charge is -2.08. The van der Waals surface area contributed by atoms with Gasteiger partial charge in [0.15, 0.2) is 0 Å². The zero-order valence-corrected chi connectivity index (χ0v) is 12.5. The predicted molar refractivity (Wildman–Crippen MR) is 78.6 cm³/mol. The summed E-state index contributed by atoms with van der Waals surface area (Å²) >= 11 is 0. The molecule has 1 heterocycles. The van der Waals surface area contributed by atoms with Gasteiger partial charge in [0.2, 0.25) is 10.0 Å². The third kappa shape index (κ3) is 4.59. The highest BCUT2D eigenvalue weighted by atomic mass is 32.2. The largest absolute Gasteiger partial charge is 0.492 e. The van der Waals surface area contributed by atoms with E-state index < -0.39 is 10.0 Å². The Bertz CT molecular complexity index is 636. The fourth-order valence-corrected chi connectivity index (χ4v) is 2.66. The second kappa shape index (κ2) is 7.26. The van der Waals surface area contributed by atoms with Crippen LogP contribution in [0.3, 0.4) is 0 Å². The van der Waals surface area contributed by atoms with E-state index in [1.165, 1.54) is 24.7 Å². The number of hydrogen-bond donors (Lipinski definition) is 2. The van der Waals surface area contributed by atoms with E-state index in [1.807, 2.05) is 7.05 Å². The van der Waals surface area contributed by atoms with Crippen molar-refractivity contribution in [2.75, 3.05) is 20.2 Å². The van der Waals surface area contributed by atoms with Crippen LogP contribution in [0.25, 0.3) is 0 Å². The number of sulfonamides is 1. The standard InChI is InChI=1S/C14H18N2O4S/c1-15-7-9-20-13-2-4-14(5-3-13)21(17,18)16-10-12-6-8-19-11-12/h2-6,8,11,15-16H,7,9-10H2,1H3. The number of rotatable bonds is 8. The Morgan fingerprint density at radius 3 is 2.57 bits per heavy atom. The van der Waals surface area contributed by atoms with Crippen molar-refractivity contribution in [2.24, 2.45) is 0 Å². The lowest BCUT2D eigenvalue weighted by molar-refractivity contribution is 0.318. The smallest absolute Gasteiger partial charge is 0.240 e. The minimum Gasteiger partial charge on any atom is -0.492 e. The first-order valence-corrected chi connectivity index (χ1v) is 7.98. The maximum absolute atomic E-state index is 12.1. The van der Waals surface area contributed by atoms with Gasteiger partial charge in [0.25, 0.3) is 0 Å². The highest BCUT2D eigenvalue weighted by Gasteiger charge is 2.13. The molecule has 1 aromatic carbocycles. The Kier molecular flexibility index (Phi) is 5.38. The molecule has 0 atom stereocenters. The molecule has 0 radical (unpaired) electrons. The van der Waals surface area contributed by atoms with E-state index in [0.29, 0.717) is 12.4 Å². The molecule has 2 aromatic rings. The first kappa shape index (κ1) is 15.6. The van der Waals surface area contributed by atoms with Crippen LogP contribution in [0.4, 0.5) is 0 Å². The van der Waals surface area contributed by atoms with Gasteiger partial charge in [-0.05, 0) is 37.4 Å². The van der Waals surface area contributed by atoms with E-state index in [1.54, 1.807) is 18.2 Å². The van der Waals surface area contributed by atoms with E-state index in [2.05, 4.69) is 10.0 Å². The van der Waals surface area contributed by atoms with Crippen LogP contribution in [0, 0.1) is 0 Å². The van der Waals surface area contributed by atoms with Gasteiger partial charge in [0.05, 0.1) is 17.4 Å². The number of likely N-dealkylation sites (N-methyl/N-ethyl adjacent to an activating group) is 1. The van der Waals surface area contributed by atoms with Crippen molar-refractivity contribution in [1.29, 1.82) is 0 Å². The Hall–Kier alpha value is -1.83. The summed E-state index contributed by atoms with van der Waals surface area (Å²) in [6.45, 7) is 1.45. The molecule has 0 bridgehead atoms. The van der Waals surface area contributed by atoms with E-state index >= 15 is 0 Å². The first-order chi connectivity index (χ1) is 10.1. The predicted octanol–water partition coefficient (Wildman–Crippen LogP) is 1.36. The van der Waals surface area contributed by atoms with Crippen LogP contribution in [0.2, 0.25) is 0 Å². The lowest BCUT2D eigenvalue weighted by atomic mass is 10.3. The average Bonchev–Trinajstić information content (AvgIpc) is 3.00. The Morgan fingerprint density at radius 2 is 1.95 bits per heavy atom. The van der Waals surface area contributed by atoms with Crippen LogP contribution in [-0.4, -0.2) is 28.6 Å². The van der Waals surface area contributed by atoms with Crippen molar-refractivity contribution in [2.45, 2.75) is 11.4 Å². The lowest BCUT2D eigenvalue weighted by Crippen LogP contribution is -2.23. The highest BCUT2D eigenvalue weighted by molar-refractivity contribution is 7.89. The van der Waals surface area contributed by atoms with E-state index in [-0.39, 0.29) is 11.4 Å². The van der Waals surface area contributed by atoms with Gasteiger partial charge in [0.1, 0.15) is 12.4 Å². The molecule has 21 heavy (non-hydrogen) atoms. The van der Waals surface area contributed by atoms with Crippen molar-refractivity contribution in [3.63, 3.8) is 0 Å². The molecule has 0 fully saturated rings. The molecule has 0 amide bonds. The maximum atomic E-state index is 12.1. The summed E-state index contributed by atoms with van der Waals surface area (Å²) in [6, 6.07) is 8.03. The summed E-state index contributed by atoms with van der Waals surface area (Å²) in [5.74, 6) is 0.638. The zero-order chi connectivity index (χ0) is 15.1. The molecule has 2 rings (SSSR count). The van der Waals surface area contributed by atoms with Crippen LogP contribution >= 0.6 is 0 Å². The van der Waals surface area contributed by atoms with Crippen molar-refractivity contribution in [3.05, 3.63) is 48.4 Å². The molecule has 7 heteroatoms. The molecule has 6 nitrogen and oxygen atoms in total. The van der Waals surface area contributed by atoms with Gasteiger partial charge in [-0.25, -0.2) is 13.1 Å². The summed E-state index contributed by atoms with van der Waals surface area (Å²) in [6.07, 6.45) is 3.00. The summed E-state index contributed by atoms with van der Waals surface area (Å²) < 4.78 is 37.1. The van der Waals surface area contributed by atoms with Crippen LogP contribution in [0.5, 0.6) is 5.75 Å². The van der Waals surface area contributed by atoms with Crippen molar-refractivity contribution in [1.82, 2.24) is 10.0 Å². The Balaban J connectivity index is 1.96. The zero-order valence-electron chi connectivity index (χ0n) is 11.7. The van der Waals surface area contributed by atoms with Gasteiger partial charge in [-0.3, -0.25) is 0 Å². The molecule has 0 aliphatic carbocycles. The molecule has 1 aromatic heterocycles. The fourth-order valence-electron chi connectivity index (χ4n) is 1.64. The second-order valence-corrected chi connectivity index (χ2v) is 6.15. The minimum atomic E-state index is -3.54. The molecule has 0 aliphatic rings. The van der Waals surface area contributed by atoms with Gasteiger partial charge in [-0.1, -0.05) is 0 Å². The third-order valence-electron chi connectivity index (χ3n) is 2.80. The van der Waals surface area contributed by atoms with Gasteiger partial charge < -0.3 is 14.5 Å². The molecule has 0 spiro atoms. The minimum absolute atomic E-state index is 0.194. The summed E-state index contributed by atoms with van der Waals surface area (Å²) in [5, 5.41) is 2.97. The Labute approximate surface area is 124 Å². The SMILES string of the molecule is CNCCOc1ccc(S(=O)(=O)NCc2ccoc2)cc1. The molecule has 0 aliphatic heterocycles. The monoisotopic (exact) mass is 310 g/mol. The maximum Gasteiger partial charge on any atom is 0.240 e. The number of hydrogen-bond acceptors (Lipinski definition) is 5. The fraction of sp³-hybridized carbons (Fsp3) is 0.286. The first-order valence-electron chi connectivity index (χ1n) is 6.50. The van der Waals surface area contributed by atoms with Gasteiger partial charge in [-0.2, -0.15) is 0 Å². The topological polar surface area (TPSA) is 80.6 Å². The highest BCUT2D eigenvalue weighted by Crippen LogP contribution is 2.16. The molecule has 0 saturated carbocycles. The molecular weight excluding hydrogens is 292 g/mol. The van der Waals surface area contributed by atoms with E-state index in [4.69, 9.17) is 9.15 Å². The number of nitrogens with one attached hydrogen (secondary N) is 2. The van der Waals surface area contributed by atoms with E-state index in [9.17, 15) is 8.42 Å².